The first-order valence-electron chi connectivity index (χ1n) is 14.5. The van der Waals surface area contributed by atoms with Crippen molar-refractivity contribution in [3.8, 4) is 5.75 Å². The Morgan fingerprint density at radius 3 is 2.24 bits per heavy atom. The number of hydrogen-bond donors (Lipinski definition) is 1. The number of amides is 1. The summed E-state index contributed by atoms with van der Waals surface area (Å²) in [5, 5.41) is 3.07. The Labute approximate surface area is 244 Å². The standard InChI is InChI=1S/C32H40N4O4S/c1-3-35(4-2)41(38,39)29-16-14-26(15-17-29)24-27-10-8-9-13-30(27)40-23-22-34-20-18-32(19-21-34)31(37)33-25-36(32)28-11-6-5-7-12-28/h5-17H,3-4,18-25H2,1-2H3,(H,33,37). The second-order valence-corrected chi connectivity index (χ2v) is 12.6. The fraction of sp³-hybridized carbons (Fsp3) is 0.406. The van der Waals surface area contributed by atoms with E-state index in [1.54, 1.807) is 12.1 Å². The van der Waals surface area contributed by atoms with Crippen LogP contribution < -0.4 is 15.0 Å². The average molecular weight is 577 g/mol. The maximum Gasteiger partial charge on any atom is 0.247 e. The van der Waals surface area contributed by atoms with E-state index in [9.17, 15) is 13.2 Å². The summed E-state index contributed by atoms with van der Waals surface area (Å²) < 4.78 is 33.3. The van der Waals surface area contributed by atoms with Gasteiger partial charge in [-0.25, -0.2) is 8.42 Å². The van der Waals surface area contributed by atoms with Crippen LogP contribution in [0.25, 0.3) is 0 Å². The van der Waals surface area contributed by atoms with Crippen molar-refractivity contribution in [2.75, 3.05) is 50.9 Å². The Kier molecular flexibility index (Phi) is 8.97. The van der Waals surface area contributed by atoms with E-state index >= 15 is 0 Å². The van der Waals surface area contributed by atoms with Crippen molar-refractivity contribution in [1.82, 2.24) is 14.5 Å². The summed E-state index contributed by atoms with van der Waals surface area (Å²) in [5.41, 5.74) is 2.69. The molecule has 0 saturated carbocycles. The molecule has 2 aliphatic rings. The number of rotatable bonds is 11. The zero-order chi connectivity index (χ0) is 28.9. The minimum Gasteiger partial charge on any atom is -0.492 e. The summed E-state index contributed by atoms with van der Waals surface area (Å²) >= 11 is 0. The molecule has 0 unspecified atom stereocenters. The maximum atomic E-state index is 12.9. The zero-order valence-corrected chi connectivity index (χ0v) is 24.8. The highest BCUT2D eigenvalue weighted by Crippen LogP contribution is 2.36. The number of piperidine rings is 1. The third kappa shape index (κ3) is 6.12. The van der Waals surface area contributed by atoms with Crippen LogP contribution in [0.2, 0.25) is 0 Å². The summed E-state index contributed by atoms with van der Waals surface area (Å²) in [4.78, 5) is 17.8. The number of nitrogens with zero attached hydrogens (tertiary/aromatic N) is 3. The lowest BCUT2D eigenvalue weighted by Gasteiger charge is -2.43. The number of nitrogens with one attached hydrogen (secondary N) is 1. The molecule has 2 aliphatic heterocycles. The molecule has 2 saturated heterocycles. The highest BCUT2D eigenvalue weighted by Gasteiger charge is 2.50. The second kappa shape index (κ2) is 12.6. The Morgan fingerprint density at radius 1 is 0.902 bits per heavy atom. The fourth-order valence-corrected chi connectivity index (χ4v) is 7.42. The van der Waals surface area contributed by atoms with Crippen LogP contribution in [0.1, 0.15) is 37.8 Å². The highest BCUT2D eigenvalue weighted by molar-refractivity contribution is 7.89. The van der Waals surface area contributed by atoms with Crippen LogP contribution in [0.5, 0.6) is 5.75 Å². The van der Waals surface area contributed by atoms with E-state index < -0.39 is 15.6 Å². The molecule has 5 rings (SSSR count). The predicted molar refractivity (Wildman–Crippen MR) is 162 cm³/mol. The molecule has 3 aromatic rings. The Hall–Kier alpha value is -3.40. The van der Waals surface area contributed by atoms with Gasteiger partial charge in [-0.2, -0.15) is 4.31 Å². The number of likely N-dealkylation sites (tertiary alicyclic amines) is 1. The minimum absolute atomic E-state index is 0.130. The van der Waals surface area contributed by atoms with E-state index in [1.807, 2.05) is 62.4 Å². The van der Waals surface area contributed by atoms with Crippen LogP contribution in [0, 0.1) is 0 Å². The van der Waals surface area contributed by atoms with E-state index in [0.717, 1.165) is 55.0 Å². The molecule has 0 atom stereocenters. The van der Waals surface area contributed by atoms with Gasteiger partial charge in [0.05, 0.1) is 11.6 Å². The quantitative estimate of drug-likeness (QED) is 0.370. The summed E-state index contributed by atoms with van der Waals surface area (Å²) in [6, 6.07) is 25.3. The van der Waals surface area contributed by atoms with Gasteiger partial charge in [-0.15, -0.1) is 0 Å². The smallest absolute Gasteiger partial charge is 0.247 e. The van der Waals surface area contributed by atoms with E-state index in [0.29, 0.717) is 37.7 Å². The molecule has 9 heteroatoms. The molecular weight excluding hydrogens is 536 g/mol. The van der Waals surface area contributed by atoms with E-state index in [1.165, 1.54) is 4.31 Å². The second-order valence-electron chi connectivity index (χ2n) is 10.7. The summed E-state index contributed by atoms with van der Waals surface area (Å²) in [5.74, 6) is 0.969. The molecule has 1 N–H and O–H groups in total. The number of benzene rings is 3. The molecule has 0 bridgehead atoms. The number of carbonyl (C=O) groups excluding carboxylic acids is 1. The SMILES string of the molecule is CCN(CC)S(=O)(=O)c1ccc(Cc2ccccc2OCCN2CCC3(CC2)C(=O)NCN3c2ccccc2)cc1. The van der Waals surface area contributed by atoms with Gasteiger partial charge in [0.25, 0.3) is 0 Å². The third-order valence-electron chi connectivity index (χ3n) is 8.39. The van der Waals surface area contributed by atoms with Crippen molar-refractivity contribution in [2.24, 2.45) is 0 Å². The molecule has 1 spiro atoms. The number of carbonyl (C=O) groups is 1. The van der Waals surface area contributed by atoms with Crippen molar-refractivity contribution in [1.29, 1.82) is 0 Å². The van der Waals surface area contributed by atoms with E-state index in [-0.39, 0.29) is 5.91 Å². The van der Waals surface area contributed by atoms with Crippen molar-refractivity contribution < 1.29 is 17.9 Å². The lowest BCUT2D eigenvalue weighted by molar-refractivity contribution is -0.125. The van der Waals surface area contributed by atoms with Gasteiger partial charge in [-0.3, -0.25) is 9.69 Å². The van der Waals surface area contributed by atoms with Gasteiger partial charge in [0.15, 0.2) is 0 Å². The number of ether oxygens (including phenoxy) is 1. The molecule has 41 heavy (non-hydrogen) atoms. The Bertz CT molecular complexity index is 1420. The minimum atomic E-state index is -3.47. The van der Waals surface area contributed by atoms with Crippen molar-refractivity contribution in [3.05, 3.63) is 90.0 Å². The molecule has 0 radical (unpaired) electrons. The summed E-state index contributed by atoms with van der Waals surface area (Å²) in [6.07, 6.45) is 2.22. The Balaban J connectivity index is 1.16. The average Bonchev–Trinajstić information content (AvgIpc) is 3.31. The molecule has 0 aromatic heterocycles. The van der Waals surface area contributed by atoms with Crippen LogP contribution in [-0.4, -0.2) is 75.1 Å². The summed E-state index contributed by atoms with van der Waals surface area (Å²) in [7, 11) is -3.47. The molecule has 3 aromatic carbocycles. The number of sulfonamides is 1. The fourth-order valence-electron chi connectivity index (χ4n) is 5.97. The zero-order valence-electron chi connectivity index (χ0n) is 24.0. The summed E-state index contributed by atoms with van der Waals surface area (Å²) in [6.45, 7) is 8.17. The predicted octanol–water partition coefficient (Wildman–Crippen LogP) is 4.12. The lowest BCUT2D eigenvalue weighted by atomic mass is 9.85. The van der Waals surface area contributed by atoms with E-state index in [2.05, 4.69) is 33.3 Å². The monoisotopic (exact) mass is 576 g/mol. The van der Waals surface area contributed by atoms with Gasteiger partial charge in [0.2, 0.25) is 15.9 Å². The normalized spacial score (nSPS) is 17.2. The molecule has 0 aliphatic carbocycles. The van der Waals surface area contributed by atoms with Crippen LogP contribution in [0.15, 0.2) is 83.8 Å². The van der Waals surface area contributed by atoms with E-state index in [4.69, 9.17) is 4.74 Å². The molecule has 8 nitrogen and oxygen atoms in total. The first-order valence-corrected chi connectivity index (χ1v) is 15.9. The largest absolute Gasteiger partial charge is 0.492 e. The van der Waals surface area contributed by atoms with Crippen molar-refractivity contribution in [3.63, 3.8) is 0 Å². The maximum absolute atomic E-state index is 12.9. The van der Waals surface area contributed by atoms with Gasteiger partial charge in [-0.05, 0) is 54.3 Å². The first-order chi connectivity index (χ1) is 19.9. The van der Waals surface area contributed by atoms with Gasteiger partial charge in [0.1, 0.15) is 17.9 Å². The van der Waals surface area contributed by atoms with Gasteiger partial charge in [-0.1, -0.05) is 62.4 Å². The highest BCUT2D eigenvalue weighted by atomic mass is 32.2. The van der Waals surface area contributed by atoms with Crippen molar-refractivity contribution >= 4 is 21.6 Å². The first kappa shape index (κ1) is 29.1. The lowest BCUT2D eigenvalue weighted by Crippen LogP contribution is -2.56. The van der Waals surface area contributed by atoms with Crippen LogP contribution in [0.3, 0.4) is 0 Å². The van der Waals surface area contributed by atoms with Gasteiger partial charge in [0, 0.05) is 44.8 Å². The van der Waals surface area contributed by atoms with Gasteiger partial charge < -0.3 is 15.0 Å². The Morgan fingerprint density at radius 2 is 1.56 bits per heavy atom. The van der Waals surface area contributed by atoms with Crippen LogP contribution in [-0.2, 0) is 21.2 Å². The molecular formula is C32H40N4O4S. The van der Waals surface area contributed by atoms with Crippen molar-refractivity contribution in [2.45, 2.75) is 43.5 Å². The van der Waals surface area contributed by atoms with Crippen LogP contribution in [0.4, 0.5) is 5.69 Å². The number of para-hydroxylation sites is 2. The number of anilines is 1. The molecule has 1 amide bonds. The number of hydrogen-bond acceptors (Lipinski definition) is 6. The topological polar surface area (TPSA) is 82.2 Å². The van der Waals surface area contributed by atoms with Gasteiger partial charge >= 0.3 is 0 Å². The molecule has 218 valence electrons. The molecule has 2 heterocycles. The molecule has 2 fully saturated rings. The van der Waals surface area contributed by atoms with Crippen LogP contribution >= 0.6 is 0 Å². The third-order valence-corrected chi connectivity index (χ3v) is 10.5.